The molecule has 0 aliphatic carbocycles. The summed E-state index contributed by atoms with van der Waals surface area (Å²) < 4.78 is 19.9. The summed E-state index contributed by atoms with van der Waals surface area (Å²) in [6.07, 6.45) is 1.77. The number of esters is 1. The molecule has 238 valence electrons. The van der Waals surface area contributed by atoms with Gasteiger partial charge in [-0.05, 0) is 64.3 Å². The number of hydrogen-bond donors (Lipinski definition) is 0. The smallest absolute Gasteiger partial charge is 0.338 e. The fraction of sp³-hybridized carbons (Fsp3) is 0.139. The first-order valence-electron chi connectivity index (χ1n) is 14.6. The molecule has 2 heterocycles. The van der Waals surface area contributed by atoms with Crippen molar-refractivity contribution in [1.82, 2.24) is 4.57 Å². The molecule has 0 bridgehead atoms. The van der Waals surface area contributed by atoms with Crippen LogP contribution >= 0.6 is 50.5 Å². The second-order valence-electron chi connectivity index (χ2n) is 10.4. The predicted molar refractivity (Wildman–Crippen MR) is 189 cm³/mol. The molecule has 0 fully saturated rings. The van der Waals surface area contributed by atoms with Crippen LogP contribution in [0.15, 0.2) is 111 Å². The highest BCUT2D eigenvalue weighted by Gasteiger charge is 2.35. The highest BCUT2D eigenvalue weighted by Crippen LogP contribution is 2.38. The Morgan fingerprint density at radius 2 is 1.74 bits per heavy atom. The van der Waals surface area contributed by atoms with E-state index in [-0.39, 0.29) is 18.8 Å². The van der Waals surface area contributed by atoms with Crippen LogP contribution < -0.4 is 24.4 Å². The average Bonchev–Trinajstić information content (AvgIpc) is 3.38. The predicted octanol–water partition coefficient (Wildman–Crippen LogP) is 7.59. The van der Waals surface area contributed by atoms with Gasteiger partial charge in [-0.1, -0.05) is 101 Å². The van der Waals surface area contributed by atoms with Crippen LogP contribution in [-0.4, -0.2) is 24.3 Å². The molecule has 0 saturated carbocycles. The summed E-state index contributed by atoms with van der Waals surface area (Å²) in [6, 6.07) is 27.0. The van der Waals surface area contributed by atoms with Gasteiger partial charge in [-0.25, -0.2) is 9.79 Å². The molecule has 6 rings (SSSR count). The maximum absolute atomic E-state index is 14.2. The summed E-state index contributed by atoms with van der Waals surface area (Å²) in [5.41, 5.74) is 3.45. The number of carbonyl (C=O) groups excluding carboxylic acids is 1. The first-order valence-corrected chi connectivity index (χ1v) is 16.9. The third-order valence-electron chi connectivity index (χ3n) is 7.43. The number of ether oxygens (including phenoxy) is 3. The Hall–Kier alpha value is -4.15. The van der Waals surface area contributed by atoms with Gasteiger partial charge in [0, 0.05) is 21.2 Å². The second-order valence-corrected chi connectivity index (χ2v) is 13.1. The van der Waals surface area contributed by atoms with E-state index >= 15 is 0 Å². The highest BCUT2D eigenvalue weighted by molar-refractivity contribution is 9.10. The lowest BCUT2D eigenvalue weighted by atomic mass is 9.93. The van der Waals surface area contributed by atoms with Crippen LogP contribution in [0.25, 0.3) is 11.8 Å². The zero-order chi connectivity index (χ0) is 33.1. The maximum atomic E-state index is 14.2. The quantitative estimate of drug-likeness (QED) is 0.145. The molecular weight excluding hydrogens is 723 g/mol. The Bertz CT molecular complexity index is 2180. The summed E-state index contributed by atoms with van der Waals surface area (Å²) in [4.78, 5) is 33.2. The van der Waals surface area contributed by atoms with Crippen molar-refractivity contribution in [2.75, 3.05) is 13.7 Å². The van der Waals surface area contributed by atoms with Crippen LogP contribution in [0.5, 0.6) is 11.5 Å². The number of thiazole rings is 1. The molecule has 1 atom stereocenters. The minimum Gasteiger partial charge on any atom is -0.493 e. The zero-order valence-corrected chi connectivity index (χ0v) is 29.1. The van der Waals surface area contributed by atoms with E-state index in [1.54, 1.807) is 48.9 Å². The molecule has 47 heavy (non-hydrogen) atoms. The van der Waals surface area contributed by atoms with E-state index in [9.17, 15) is 9.59 Å². The van der Waals surface area contributed by atoms with E-state index in [1.165, 1.54) is 11.3 Å². The number of benzene rings is 4. The van der Waals surface area contributed by atoms with Crippen LogP contribution in [-0.2, 0) is 16.1 Å². The van der Waals surface area contributed by atoms with Gasteiger partial charge in [0.25, 0.3) is 5.56 Å². The molecule has 0 saturated heterocycles. The van der Waals surface area contributed by atoms with Crippen molar-refractivity contribution in [3.8, 4) is 11.5 Å². The Morgan fingerprint density at radius 3 is 2.43 bits per heavy atom. The normalized spacial score (nSPS) is 14.4. The van der Waals surface area contributed by atoms with Gasteiger partial charge in [0.05, 0.1) is 40.0 Å². The average molecular weight is 750 g/mol. The fourth-order valence-corrected chi connectivity index (χ4v) is 7.33. The molecule has 5 aromatic rings. The van der Waals surface area contributed by atoms with E-state index in [0.717, 1.165) is 16.7 Å². The van der Waals surface area contributed by atoms with E-state index in [1.807, 2.05) is 66.7 Å². The Morgan fingerprint density at radius 1 is 1.02 bits per heavy atom. The molecule has 0 radical (unpaired) electrons. The molecule has 0 N–H and O–H groups in total. The number of nitrogens with zero attached hydrogens (tertiary/aromatic N) is 2. The van der Waals surface area contributed by atoms with Gasteiger partial charge in [0.2, 0.25) is 0 Å². The van der Waals surface area contributed by atoms with Crippen LogP contribution in [0.1, 0.15) is 35.2 Å². The Kier molecular flexibility index (Phi) is 9.98. The molecule has 11 heteroatoms. The summed E-state index contributed by atoms with van der Waals surface area (Å²) in [5, 5.41) is 1.03. The minimum absolute atomic E-state index is 0.180. The van der Waals surface area contributed by atoms with Crippen molar-refractivity contribution in [2.24, 2.45) is 4.99 Å². The third-order valence-corrected chi connectivity index (χ3v) is 9.58. The van der Waals surface area contributed by atoms with Gasteiger partial charge in [0.1, 0.15) is 6.61 Å². The number of fused-ring (bicyclic) bond motifs is 1. The zero-order valence-electron chi connectivity index (χ0n) is 25.2. The summed E-state index contributed by atoms with van der Waals surface area (Å²) in [5.74, 6) is 0.414. The van der Waals surface area contributed by atoms with Gasteiger partial charge in [-0.3, -0.25) is 9.36 Å². The van der Waals surface area contributed by atoms with Gasteiger partial charge in [-0.15, -0.1) is 0 Å². The molecule has 4 aromatic carbocycles. The molecule has 0 amide bonds. The van der Waals surface area contributed by atoms with Crippen molar-refractivity contribution in [3.63, 3.8) is 0 Å². The summed E-state index contributed by atoms with van der Waals surface area (Å²) in [7, 11) is 1.55. The number of rotatable bonds is 9. The highest BCUT2D eigenvalue weighted by atomic mass is 79.9. The van der Waals surface area contributed by atoms with Gasteiger partial charge < -0.3 is 14.2 Å². The molecule has 7 nitrogen and oxygen atoms in total. The van der Waals surface area contributed by atoms with Crippen LogP contribution in [0.4, 0.5) is 0 Å². The van der Waals surface area contributed by atoms with Gasteiger partial charge in [-0.2, -0.15) is 0 Å². The SMILES string of the molecule is CCOC(=O)C1=C(c2ccccc2)N=c2s/c(=C\c3cc(Br)c(OCc4ccc(Cl)cc4Cl)c(OC)c3)c(=O)n2[C@@H]1c1ccccc1. The van der Waals surface area contributed by atoms with Crippen molar-refractivity contribution in [2.45, 2.75) is 19.6 Å². The molecule has 0 spiro atoms. The number of methoxy groups -OCH3 is 1. The molecule has 1 aromatic heterocycles. The molecule has 1 aliphatic heterocycles. The first kappa shape index (κ1) is 32.8. The van der Waals surface area contributed by atoms with E-state index in [4.69, 9.17) is 42.4 Å². The lowest BCUT2D eigenvalue weighted by Crippen LogP contribution is -2.39. The molecule has 0 unspecified atom stereocenters. The third kappa shape index (κ3) is 6.80. The largest absolute Gasteiger partial charge is 0.493 e. The molecule has 1 aliphatic rings. The monoisotopic (exact) mass is 748 g/mol. The summed E-state index contributed by atoms with van der Waals surface area (Å²) >= 11 is 17.2. The second kappa shape index (κ2) is 14.3. The lowest BCUT2D eigenvalue weighted by Gasteiger charge is -2.25. The van der Waals surface area contributed by atoms with Crippen LogP contribution in [0.2, 0.25) is 10.0 Å². The topological polar surface area (TPSA) is 79.1 Å². The van der Waals surface area contributed by atoms with Crippen molar-refractivity contribution < 1.29 is 19.0 Å². The Labute approximate surface area is 293 Å². The van der Waals surface area contributed by atoms with Crippen molar-refractivity contribution in [1.29, 1.82) is 0 Å². The number of hydrogen-bond acceptors (Lipinski definition) is 7. The lowest BCUT2D eigenvalue weighted by molar-refractivity contribution is -0.138. The van der Waals surface area contributed by atoms with Crippen molar-refractivity contribution in [3.05, 3.63) is 153 Å². The van der Waals surface area contributed by atoms with Crippen LogP contribution in [0.3, 0.4) is 0 Å². The van der Waals surface area contributed by atoms with E-state index in [0.29, 0.717) is 52.2 Å². The number of halogens is 3. The van der Waals surface area contributed by atoms with Crippen LogP contribution in [0, 0.1) is 0 Å². The standard InChI is InChI=1S/C36H27BrCl2N2O5S/c1-3-45-35(43)30-31(22-10-6-4-7-11-22)40-36-41(32(30)23-12-8-5-9-13-23)34(42)29(47-36)18-21-16-26(37)33(28(17-21)44-2)46-20-24-14-15-25(38)19-27(24)39/h4-19,32H,3,20H2,1-2H3/b29-18-/t32-/m1/s1. The fourth-order valence-electron chi connectivity index (χ4n) is 5.29. The number of carbonyl (C=O) groups is 1. The maximum Gasteiger partial charge on any atom is 0.338 e. The van der Waals surface area contributed by atoms with E-state index in [2.05, 4.69) is 15.9 Å². The number of aromatic nitrogens is 1. The van der Waals surface area contributed by atoms with Crippen molar-refractivity contribution >= 4 is 68.2 Å². The minimum atomic E-state index is -0.749. The summed E-state index contributed by atoms with van der Waals surface area (Å²) in [6.45, 7) is 2.12. The first-order chi connectivity index (χ1) is 22.8. The Balaban J connectivity index is 1.47. The van der Waals surface area contributed by atoms with Gasteiger partial charge >= 0.3 is 5.97 Å². The van der Waals surface area contributed by atoms with E-state index < -0.39 is 12.0 Å². The molecular formula is C36H27BrCl2N2O5S. The van der Waals surface area contributed by atoms with Gasteiger partial charge in [0.15, 0.2) is 16.3 Å².